The zero-order chi connectivity index (χ0) is 17.8. The molecule has 0 unspecified atom stereocenters. The number of para-hydroxylation sites is 1. The molecular formula is C17H11NO7. The van der Waals surface area contributed by atoms with E-state index in [1.54, 1.807) is 24.3 Å². The summed E-state index contributed by atoms with van der Waals surface area (Å²) >= 11 is 0. The molecule has 2 heterocycles. The van der Waals surface area contributed by atoms with Gasteiger partial charge in [0, 0.05) is 11.5 Å². The highest BCUT2D eigenvalue weighted by Crippen LogP contribution is 2.19. The lowest BCUT2D eigenvalue weighted by Gasteiger charge is -1.98. The number of carbonyl (C=O) groups excluding carboxylic acids is 2. The minimum Gasteiger partial charge on any atom is -0.454 e. The van der Waals surface area contributed by atoms with E-state index in [1.165, 1.54) is 12.1 Å². The minimum absolute atomic E-state index is 0.0969. The van der Waals surface area contributed by atoms with Crippen LogP contribution in [0.3, 0.4) is 0 Å². The molecular weight excluding hydrogens is 330 g/mol. The molecule has 0 saturated heterocycles. The Morgan fingerprint density at radius 1 is 1.16 bits per heavy atom. The molecule has 8 nitrogen and oxygen atoms in total. The van der Waals surface area contributed by atoms with Crippen molar-refractivity contribution in [2.24, 2.45) is 0 Å². The highest BCUT2D eigenvalue weighted by atomic mass is 16.6. The van der Waals surface area contributed by atoms with Crippen molar-refractivity contribution in [1.29, 1.82) is 0 Å². The predicted molar refractivity (Wildman–Crippen MR) is 85.9 cm³/mol. The maximum Gasteiger partial charge on any atom is 0.433 e. The fourth-order valence-electron chi connectivity index (χ4n) is 2.06. The van der Waals surface area contributed by atoms with Crippen LogP contribution in [0.15, 0.2) is 57.4 Å². The average molecular weight is 341 g/mol. The van der Waals surface area contributed by atoms with Gasteiger partial charge in [0.1, 0.15) is 16.3 Å². The number of furan rings is 2. The van der Waals surface area contributed by atoms with Gasteiger partial charge in [-0.05, 0) is 24.3 Å². The van der Waals surface area contributed by atoms with Crippen LogP contribution in [0, 0.1) is 10.1 Å². The van der Waals surface area contributed by atoms with Gasteiger partial charge < -0.3 is 13.6 Å². The Labute approximate surface area is 140 Å². The van der Waals surface area contributed by atoms with Gasteiger partial charge in [0.25, 0.3) is 0 Å². The number of nitrogens with zero attached hydrogens (tertiary/aromatic N) is 1. The Kier molecular flexibility index (Phi) is 4.42. The molecule has 25 heavy (non-hydrogen) atoms. The number of hydrogen-bond donors (Lipinski definition) is 0. The van der Waals surface area contributed by atoms with E-state index < -0.39 is 29.2 Å². The van der Waals surface area contributed by atoms with Gasteiger partial charge in [0.15, 0.2) is 12.4 Å². The van der Waals surface area contributed by atoms with E-state index in [9.17, 15) is 19.7 Å². The topological polar surface area (TPSA) is 113 Å². The number of benzene rings is 1. The number of Topliss-reactive ketones (excluding diaryl/α,β-unsaturated/α-hetero) is 1. The molecule has 0 saturated carbocycles. The van der Waals surface area contributed by atoms with Gasteiger partial charge >= 0.3 is 11.9 Å². The summed E-state index contributed by atoms with van der Waals surface area (Å²) in [6.45, 7) is -0.485. The molecule has 0 fully saturated rings. The van der Waals surface area contributed by atoms with E-state index in [4.69, 9.17) is 13.6 Å². The van der Waals surface area contributed by atoms with Crippen molar-refractivity contribution in [3.63, 3.8) is 0 Å². The molecule has 0 aliphatic carbocycles. The van der Waals surface area contributed by atoms with Crippen LogP contribution in [-0.4, -0.2) is 23.3 Å². The predicted octanol–water partition coefficient (Wildman–Crippen LogP) is 3.37. The standard InChI is InChI=1S/C17H11NO7/c19-13(15-9-11-3-1-2-4-14(11)25-15)10-23-17(20)8-6-12-5-7-16(24-12)18(21)22/h1-9H,10H2/b8-6+. The molecule has 3 rings (SSSR count). The van der Waals surface area contributed by atoms with Gasteiger partial charge in [-0.3, -0.25) is 14.9 Å². The quantitative estimate of drug-likeness (QED) is 0.222. The summed E-state index contributed by atoms with van der Waals surface area (Å²) in [5.74, 6) is -1.49. The third-order valence-corrected chi connectivity index (χ3v) is 3.22. The molecule has 1 aromatic carbocycles. The summed E-state index contributed by atoms with van der Waals surface area (Å²) in [4.78, 5) is 33.4. The number of carbonyl (C=O) groups is 2. The molecule has 0 amide bonds. The zero-order valence-electron chi connectivity index (χ0n) is 12.7. The van der Waals surface area contributed by atoms with E-state index in [-0.39, 0.29) is 11.5 Å². The van der Waals surface area contributed by atoms with Crippen LogP contribution >= 0.6 is 0 Å². The van der Waals surface area contributed by atoms with Crippen LogP contribution in [0.4, 0.5) is 5.88 Å². The summed E-state index contributed by atoms with van der Waals surface area (Å²) < 4.78 is 15.0. The Morgan fingerprint density at radius 3 is 2.68 bits per heavy atom. The number of rotatable bonds is 6. The van der Waals surface area contributed by atoms with E-state index in [2.05, 4.69) is 0 Å². The zero-order valence-corrected chi connectivity index (χ0v) is 12.7. The fraction of sp³-hybridized carbons (Fsp3) is 0.0588. The van der Waals surface area contributed by atoms with Crippen molar-refractivity contribution in [3.8, 4) is 0 Å². The number of hydrogen-bond acceptors (Lipinski definition) is 7. The van der Waals surface area contributed by atoms with Gasteiger partial charge in [-0.1, -0.05) is 18.2 Å². The molecule has 0 bridgehead atoms. The van der Waals surface area contributed by atoms with Crippen LogP contribution in [0.2, 0.25) is 0 Å². The van der Waals surface area contributed by atoms with Crippen molar-refractivity contribution < 1.29 is 28.1 Å². The first-order valence-corrected chi connectivity index (χ1v) is 7.14. The summed E-state index contributed by atoms with van der Waals surface area (Å²) in [5.41, 5.74) is 0.566. The third kappa shape index (κ3) is 3.81. The summed E-state index contributed by atoms with van der Waals surface area (Å²) in [6, 6.07) is 11.2. The van der Waals surface area contributed by atoms with Gasteiger partial charge in [-0.2, -0.15) is 0 Å². The second kappa shape index (κ2) is 6.83. The molecule has 0 atom stereocenters. The van der Waals surface area contributed by atoms with Gasteiger partial charge in [0.05, 0.1) is 6.07 Å². The highest BCUT2D eigenvalue weighted by molar-refractivity contribution is 5.99. The van der Waals surface area contributed by atoms with Gasteiger partial charge in [-0.15, -0.1) is 0 Å². The molecule has 0 aliphatic heterocycles. The first-order chi connectivity index (χ1) is 12.0. The van der Waals surface area contributed by atoms with E-state index >= 15 is 0 Å². The maximum absolute atomic E-state index is 12.0. The summed E-state index contributed by atoms with van der Waals surface area (Å²) in [5, 5.41) is 11.3. The van der Waals surface area contributed by atoms with Crippen molar-refractivity contribution in [2.75, 3.05) is 6.61 Å². The Morgan fingerprint density at radius 2 is 1.96 bits per heavy atom. The normalized spacial score (nSPS) is 11.0. The molecule has 3 aromatic rings. The second-order valence-electron chi connectivity index (χ2n) is 4.95. The average Bonchev–Trinajstić information content (AvgIpc) is 3.24. The van der Waals surface area contributed by atoms with Crippen LogP contribution in [0.25, 0.3) is 17.0 Å². The molecule has 0 N–H and O–H groups in total. The lowest BCUT2D eigenvalue weighted by molar-refractivity contribution is -0.402. The molecule has 8 heteroatoms. The second-order valence-corrected chi connectivity index (χ2v) is 4.95. The van der Waals surface area contributed by atoms with Crippen molar-refractivity contribution in [2.45, 2.75) is 0 Å². The lowest BCUT2D eigenvalue weighted by Crippen LogP contribution is -2.11. The molecule has 0 radical (unpaired) electrons. The smallest absolute Gasteiger partial charge is 0.433 e. The van der Waals surface area contributed by atoms with Crippen LogP contribution < -0.4 is 0 Å². The fourth-order valence-corrected chi connectivity index (χ4v) is 2.06. The Bertz CT molecular complexity index is 947. The number of fused-ring (bicyclic) bond motifs is 1. The number of esters is 1. The van der Waals surface area contributed by atoms with Gasteiger partial charge in [-0.25, -0.2) is 4.79 Å². The number of ether oxygens (including phenoxy) is 1. The SMILES string of the molecule is O=C(/C=C/c1ccc([N+](=O)[O-])o1)OCC(=O)c1cc2ccccc2o1. The summed E-state index contributed by atoms with van der Waals surface area (Å²) in [6.07, 6.45) is 2.22. The molecule has 0 aliphatic rings. The van der Waals surface area contributed by atoms with Crippen LogP contribution in [0.5, 0.6) is 0 Å². The largest absolute Gasteiger partial charge is 0.454 e. The lowest BCUT2D eigenvalue weighted by atomic mass is 10.2. The van der Waals surface area contributed by atoms with Crippen LogP contribution in [-0.2, 0) is 9.53 Å². The maximum atomic E-state index is 12.0. The van der Waals surface area contributed by atoms with E-state index in [0.717, 1.165) is 17.5 Å². The Balaban J connectivity index is 1.56. The number of ketones is 1. The van der Waals surface area contributed by atoms with Crippen molar-refractivity contribution in [1.82, 2.24) is 0 Å². The van der Waals surface area contributed by atoms with Gasteiger partial charge in [0.2, 0.25) is 5.78 Å². The minimum atomic E-state index is -0.788. The molecule has 126 valence electrons. The summed E-state index contributed by atoms with van der Waals surface area (Å²) in [7, 11) is 0. The van der Waals surface area contributed by atoms with Crippen LogP contribution in [0.1, 0.15) is 16.3 Å². The Hall–Kier alpha value is -3.68. The van der Waals surface area contributed by atoms with Crippen molar-refractivity contribution >= 4 is 34.7 Å². The van der Waals surface area contributed by atoms with Crippen molar-refractivity contribution in [3.05, 3.63) is 70.2 Å². The monoisotopic (exact) mass is 341 g/mol. The third-order valence-electron chi connectivity index (χ3n) is 3.22. The van der Waals surface area contributed by atoms with E-state index in [1.807, 2.05) is 6.07 Å². The molecule has 2 aromatic heterocycles. The number of nitro groups is 1. The van der Waals surface area contributed by atoms with E-state index in [0.29, 0.717) is 5.58 Å². The first kappa shape index (κ1) is 16.2. The molecule has 0 spiro atoms. The first-order valence-electron chi connectivity index (χ1n) is 7.14. The highest BCUT2D eigenvalue weighted by Gasteiger charge is 2.14.